The van der Waals surface area contributed by atoms with Gasteiger partial charge in [0.1, 0.15) is 5.84 Å². The van der Waals surface area contributed by atoms with Crippen molar-refractivity contribution < 1.29 is 13.5 Å². The fourth-order valence-electron chi connectivity index (χ4n) is 2.47. The molecule has 1 aliphatic rings. The van der Waals surface area contributed by atoms with E-state index in [1.54, 1.807) is 12.1 Å². The molecule has 0 aromatic heterocycles. The van der Waals surface area contributed by atoms with Gasteiger partial charge in [-0.1, -0.05) is 12.1 Å². The maximum atomic E-state index is 12.3. The Bertz CT molecular complexity index is 598. The summed E-state index contributed by atoms with van der Waals surface area (Å²) >= 11 is 0. The standard InChI is InChI=1S/C14H21N3O3S/c15-14(16)12-1-3-13(4-2-12)21(19,20)8-7-17-6-5-11(9-17)10-18/h1-4,11,18H,5-10H2,(H3,15,16). The number of nitrogen functional groups attached to an aromatic ring is 1. The Kier molecular flexibility index (Phi) is 4.97. The largest absolute Gasteiger partial charge is 0.396 e. The number of likely N-dealkylation sites (tertiary alicyclic amines) is 1. The van der Waals surface area contributed by atoms with Crippen molar-refractivity contribution in [1.29, 1.82) is 5.41 Å². The zero-order valence-electron chi connectivity index (χ0n) is 11.8. The van der Waals surface area contributed by atoms with Gasteiger partial charge in [0, 0.05) is 25.3 Å². The molecule has 1 fully saturated rings. The summed E-state index contributed by atoms with van der Waals surface area (Å²) in [5, 5.41) is 16.4. The first-order chi connectivity index (χ1) is 9.92. The van der Waals surface area contributed by atoms with E-state index in [1.165, 1.54) is 12.1 Å². The zero-order valence-corrected chi connectivity index (χ0v) is 12.6. The Morgan fingerprint density at radius 2 is 2.05 bits per heavy atom. The van der Waals surface area contributed by atoms with Crippen LogP contribution in [-0.4, -0.2) is 56.3 Å². The Labute approximate surface area is 125 Å². The van der Waals surface area contributed by atoms with Gasteiger partial charge in [-0.05, 0) is 31.0 Å². The number of nitrogens with two attached hydrogens (primary N) is 1. The molecule has 0 aliphatic carbocycles. The van der Waals surface area contributed by atoms with Crippen LogP contribution in [0, 0.1) is 11.3 Å². The molecule has 1 unspecified atom stereocenters. The third-order valence-electron chi connectivity index (χ3n) is 3.83. The highest BCUT2D eigenvalue weighted by Gasteiger charge is 2.23. The first-order valence-corrected chi connectivity index (χ1v) is 8.58. The minimum Gasteiger partial charge on any atom is -0.396 e. The first kappa shape index (κ1) is 15.9. The Morgan fingerprint density at radius 1 is 1.38 bits per heavy atom. The van der Waals surface area contributed by atoms with Crippen LogP contribution in [0.5, 0.6) is 0 Å². The van der Waals surface area contributed by atoms with Gasteiger partial charge >= 0.3 is 0 Å². The van der Waals surface area contributed by atoms with Gasteiger partial charge in [-0.2, -0.15) is 0 Å². The molecule has 1 heterocycles. The molecule has 0 amide bonds. The summed E-state index contributed by atoms with van der Waals surface area (Å²) in [5.74, 6) is 0.249. The van der Waals surface area contributed by atoms with Gasteiger partial charge in [0.25, 0.3) is 0 Å². The van der Waals surface area contributed by atoms with Gasteiger partial charge in [0.2, 0.25) is 0 Å². The van der Waals surface area contributed by atoms with Crippen LogP contribution in [-0.2, 0) is 9.84 Å². The predicted octanol–water partition coefficient (Wildman–Crippen LogP) is 0.0586. The third kappa shape index (κ3) is 4.03. The highest BCUT2D eigenvalue weighted by molar-refractivity contribution is 7.91. The number of hydrogen-bond donors (Lipinski definition) is 3. The number of nitrogens with zero attached hydrogens (tertiary/aromatic N) is 1. The summed E-state index contributed by atoms with van der Waals surface area (Å²) in [6.07, 6.45) is 0.920. The van der Waals surface area contributed by atoms with Crippen molar-refractivity contribution in [2.24, 2.45) is 11.7 Å². The Balaban J connectivity index is 1.97. The van der Waals surface area contributed by atoms with E-state index in [0.29, 0.717) is 12.1 Å². The van der Waals surface area contributed by atoms with Crippen molar-refractivity contribution in [2.45, 2.75) is 11.3 Å². The molecule has 1 saturated heterocycles. The molecule has 2 rings (SSSR count). The van der Waals surface area contributed by atoms with Gasteiger partial charge in [0.05, 0.1) is 10.6 Å². The number of rotatable bonds is 6. The van der Waals surface area contributed by atoms with Crippen molar-refractivity contribution in [3.8, 4) is 0 Å². The number of nitrogens with one attached hydrogen (secondary N) is 1. The monoisotopic (exact) mass is 311 g/mol. The van der Waals surface area contributed by atoms with Crippen LogP contribution in [0.1, 0.15) is 12.0 Å². The van der Waals surface area contributed by atoms with Crippen molar-refractivity contribution in [3.63, 3.8) is 0 Å². The highest BCUT2D eigenvalue weighted by atomic mass is 32.2. The van der Waals surface area contributed by atoms with E-state index in [1.807, 2.05) is 0 Å². The fraction of sp³-hybridized carbons (Fsp3) is 0.500. The van der Waals surface area contributed by atoms with Gasteiger partial charge < -0.3 is 15.7 Å². The number of aliphatic hydroxyl groups is 1. The minimum atomic E-state index is -3.33. The highest BCUT2D eigenvalue weighted by Crippen LogP contribution is 2.17. The van der Waals surface area contributed by atoms with Crippen molar-refractivity contribution in [2.75, 3.05) is 32.0 Å². The summed E-state index contributed by atoms with van der Waals surface area (Å²) in [6.45, 7) is 2.24. The van der Waals surface area contributed by atoms with Gasteiger partial charge in [-0.25, -0.2) is 8.42 Å². The van der Waals surface area contributed by atoms with E-state index in [4.69, 9.17) is 16.2 Å². The van der Waals surface area contributed by atoms with Gasteiger partial charge in [-0.3, -0.25) is 5.41 Å². The van der Waals surface area contributed by atoms with E-state index < -0.39 is 9.84 Å². The zero-order chi connectivity index (χ0) is 15.5. The van der Waals surface area contributed by atoms with E-state index in [2.05, 4.69) is 4.90 Å². The van der Waals surface area contributed by atoms with Crippen LogP contribution in [0.25, 0.3) is 0 Å². The van der Waals surface area contributed by atoms with Crippen LogP contribution >= 0.6 is 0 Å². The maximum absolute atomic E-state index is 12.3. The quantitative estimate of drug-likeness (QED) is 0.508. The second kappa shape index (κ2) is 6.55. The van der Waals surface area contributed by atoms with Crippen molar-refractivity contribution in [1.82, 2.24) is 4.90 Å². The summed E-state index contributed by atoms with van der Waals surface area (Å²) in [6, 6.07) is 6.08. The molecular weight excluding hydrogens is 290 g/mol. The molecule has 116 valence electrons. The SMILES string of the molecule is N=C(N)c1ccc(S(=O)(=O)CCN2CCC(CO)C2)cc1. The normalized spacial score (nSPS) is 19.8. The number of benzene rings is 1. The average molecular weight is 311 g/mol. The lowest BCUT2D eigenvalue weighted by Crippen LogP contribution is -2.28. The topological polar surface area (TPSA) is 107 Å². The molecule has 1 aromatic rings. The second-order valence-corrected chi connectivity index (χ2v) is 7.50. The lowest BCUT2D eigenvalue weighted by Gasteiger charge is -2.15. The lowest BCUT2D eigenvalue weighted by molar-refractivity contribution is 0.224. The minimum absolute atomic E-state index is 0.0601. The summed E-state index contributed by atoms with van der Waals surface area (Å²) < 4.78 is 24.5. The smallest absolute Gasteiger partial charge is 0.179 e. The van der Waals surface area contributed by atoms with E-state index in [9.17, 15) is 8.42 Å². The number of aliphatic hydroxyl groups excluding tert-OH is 1. The van der Waals surface area contributed by atoms with E-state index in [-0.39, 0.29) is 29.0 Å². The molecule has 0 radical (unpaired) electrons. The molecule has 1 atom stereocenters. The molecule has 21 heavy (non-hydrogen) atoms. The van der Waals surface area contributed by atoms with Crippen LogP contribution in [0.4, 0.5) is 0 Å². The molecule has 0 bridgehead atoms. The van der Waals surface area contributed by atoms with Gasteiger partial charge in [-0.15, -0.1) is 0 Å². The Hall–Kier alpha value is -1.44. The molecule has 1 aliphatic heterocycles. The first-order valence-electron chi connectivity index (χ1n) is 6.93. The van der Waals surface area contributed by atoms with Crippen LogP contribution < -0.4 is 5.73 Å². The predicted molar refractivity (Wildman–Crippen MR) is 81.1 cm³/mol. The molecule has 0 spiro atoms. The molecule has 4 N–H and O–H groups in total. The second-order valence-electron chi connectivity index (χ2n) is 5.39. The van der Waals surface area contributed by atoms with Crippen molar-refractivity contribution >= 4 is 15.7 Å². The summed E-state index contributed by atoms with van der Waals surface area (Å²) in [7, 11) is -3.33. The molecule has 0 saturated carbocycles. The summed E-state index contributed by atoms with van der Waals surface area (Å²) in [4.78, 5) is 2.33. The van der Waals surface area contributed by atoms with Crippen LogP contribution in [0.2, 0.25) is 0 Å². The molecule has 7 heteroatoms. The Morgan fingerprint density at radius 3 is 2.57 bits per heavy atom. The fourth-order valence-corrected chi connectivity index (χ4v) is 3.76. The van der Waals surface area contributed by atoms with Crippen molar-refractivity contribution in [3.05, 3.63) is 29.8 Å². The third-order valence-corrected chi connectivity index (χ3v) is 5.54. The van der Waals surface area contributed by atoms with Crippen LogP contribution in [0.3, 0.4) is 0 Å². The lowest BCUT2D eigenvalue weighted by atomic mass is 10.1. The van der Waals surface area contributed by atoms with Gasteiger partial charge in [0.15, 0.2) is 9.84 Å². The average Bonchev–Trinajstić information content (AvgIpc) is 2.93. The number of sulfone groups is 1. The number of amidine groups is 1. The van der Waals surface area contributed by atoms with E-state index in [0.717, 1.165) is 19.5 Å². The number of hydrogen-bond acceptors (Lipinski definition) is 5. The molecule has 6 nitrogen and oxygen atoms in total. The van der Waals surface area contributed by atoms with Crippen LogP contribution in [0.15, 0.2) is 29.2 Å². The summed E-state index contributed by atoms with van der Waals surface area (Å²) in [5.41, 5.74) is 5.86. The van der Waals surface area contributed by atoms with E-state index >= 15 is 0 Å². The maximum Gasteiger partial charge on any atom is 0.179 e. The molecule has 1 aromatic carbocycles. The molecular formula is C14H21N3O3S.